The summed E-state index contributed by atoms with van der Waals surface area (Å²) in [6, 6.07) is 11.7. The normalized spacial score (nSPS) is 16.2. The van der Waals surface area contributed by atoms with Crippen molar-refractivity contribution < 1.29 is 0 Å². The van der Waals surface area contributed by atoms with Crippen molar-refractivity contribution >= 4 is 17.3 Å². The second kappa shape index (κ2) is 5.35. The second-order valence-electron chi connectivity index (χ2n) is 5.82. The van der Waals surface area contributed by atoms with Crippen molar-refractivity contribution in [2.45, 2.75) is 19.8 Å². The quantitative estimate of drug-likeness (QED) is 0.739. The fourth-order valence-electron chi connectivity index (χ4n) is 2.88. The molecule has 0 saturated carbocycles. The summed E-state index contributed by atoms with van der Waals surface area (Å²) in [6.07, 6.45) is 0. The summed E-state index contributed by atoms with van der Waals surface area (Å²) in [5.41, 5.74) is 3.74. The molecule has 4 rings (SSSR count). The average molecular weight is 326 g/mol. The van der Waals surface area contributed by atoms with Gasteiger partial charge < -0.3 is 5.32 Å². The van der Waals surface area contributed by atoms with E-state index in [1.165, 1.54) is 0 Å². The van der Waals surface area contributed by atoms with Crippen LogP contribution in [0.1, 0.15) is 24.4 Å². The van der Waals surface area contributed by atoms with E-state index in [0.717, 1.165) is 41.0 Å². The lowest BCUT2D eigenvalue weighted by Gasteiger charge is -2.12. The summed E-state index contributed by atoms with van der Waals surface area (Å²) >= 11 is 6.23. The molecule has 0 spiro atoms. The Labute approximate surface area is 139 Å². The Morgan fingerprint density at radius 1 is 1.22 bits per heavy atom. The molecule has 3 heterocycles. The highest BCUT2D eigenvalue weighted by atomic mass is 35.5. The van der Waals surface area contributed by atoms with Gasteiger partial charge in [0.25, 0.3) is 0 Å². The molecule has 1 aliphatic rings. The Morgan fingerprint density at radius 3 is 2.91 bits per heavy atom. The molecule has 0 bridgehead atoms. The SMILES string of the molecule is Cc1cccc(-c2nnc3n2-c2cc(Cl)ccc2NC[C@H]3C)n1. The van der Waals surface area contributed by atoms with E-state index in [0.29, 0.717) is 5.02 Å². The zero-order chi connectivity index (χ0) is 16.0. The first-order valence-corrected chi connectivity index (χ1v) is 7.94. The van der Waals surface area contributed by atoms with Crippen LogP contribution >= 0.6 is 11.6 Å². The van der Waals surface area contributed by atoms with E-state index < -0.39 is 0 Å². The van der Waals surface area contributed by atoms with Crippen molar-refractivity contribution in [3.8, 4) is 17.2 Å². The van der Waals surface area contributed by atoms with Crippen molar-refractivity contribution in [3.63, 3.8) is 0 Å². The van der Waals surface area contributed by atoms with Crippen LogP contribution in [0, 0.1) is 6.92 Å². The van der Waals surface area contributed by atoms with Gasteiger partial charge in [-0.15, -0.1) is 10.2 Å². The number of aryl methyl sites for hydroxylation is 1. The minimum absolute atomic E-state index is 0.229. The number of hydrogen-bond acceptors (Lipinski definition) is 4. The van der Waals surface area contributed by atoms with E-state index in [-0.39, 0.29) is 5.92 Å². The van der Waals surface area contributed by atoms with Crippen molar-refractivity contribution in [2.24, 2.45) is 0 Å². The lowest BCUT2D eigenvalue weighted by molar-refractivity contribution is 0.725. The van der Waals surface area contributed by atoms with Crippen LogP contribution in [0.25, 0.3) is 17.2 Å². The third-order valence-electron chi connectivity index (χ3n) is 4.05. The molecular formula is C17H16ClN5. The zero-order valence-electron chi connectivity index (χ0n) is 12.9. The molecule has 23 heavy (non-hydrogen) atoms. The predicted octanol–water partition coefficient (Wildman–Crippen LogP) is 3.82. The van der Waals surface area contributed by atoms with Crippen LogP contribution in [0.5, 0.6) is 0 Å². The number of nitrogens with zero attached hydrogens (tertiary/aromatic N) is 4. The zero-order valence-corrected chi connectivity index (χ0v) is 13.7. The Bertz CT molecular complexity index is 886. The molecule has 0 saturated heterocycles. The summed E-state index contributed by atoms with van der Waals surface area (Å²) in [6.45, 7) is 4.90. The standard InChI is InChI=1S/C17H16ClN5/c1-10-9-19-13-7-6-12(18)8-15(13)23-16(10)21-22-17(23)14-5-3-4-11(2)20-14/h3-8,10,19H,9H2,1-2H3/t10-/m1/s1. The number of aromatic nitrogens is 4. The molecule has 0 fully saturated rings. The van der Waals surface area contributed by atoms with Crippen LogP contribution in [-0.4, -0.2) is 26.3 Å². The maximum absolute atomic E-state index is 6.23. The Kier molecular flexibility index (Phi) is 3.31. The summed E-state index contributed by atoms with van der Waals surface area (Å²) in [5, 5.41) is 13.0. The Balaban J connectivity index is 2.01. The van der Waals surface area contributed by atoms with Crippen molar-refractivity contribution in [1.29, 1.82) is 0 Å². The van der Waals surface area contributed by atoms with Gasteiger partial charge in [0, 0.05) is 23.2 Å². The first-order chi connectivity index (χ1) is 11.1. The monoisotopic (exact) mass is 325 g/mol. The van der Waals surface area contributed by atoms with E-state index in [2.05, 4.69) is 32.0 Å². The molecule has 1 aliphatic heterocycles. The van der Waals surface area contributed by atoms with E-state index >= 15 is 0 Å². The van der Waals surface area contributed by atoms with Gasteiger partial charge in [-0.2, -0.15) is 0 Å². The van der Waals surface area contributed by atoms with Crippen LogP contribution in [0.4, 0.5) is 5.69 Å². The lowest BCUT2D eigenvalue weighted by atomic mass is 10.1. The fourth-order valence-corrected chi connectivity index (χ4v) is 3.05. The largest absolute Gasteiger partial charge is 0.383 e. The topological polar surface area (TPSA) is 55.6 Å². The molecule has 1 aromatic carbocycles. The van der Waals surface area contributed by atoms with E-state index in [9.17, 15) is 0 Å². The van der Waals surface area contributed by atoms with Crippen LogP contribution in [0.2, 0.25) is 5.02 Å². The first-order valence-electron chi connectivity index (χ1n) is 7.56. The molecule has 2 aromatic heterocycles. The van der Waals surface area contributed by atoms with Crippen LogP contribution in [-0.2, 0) is 0 Å². The molecular weight excluding hydrogens is 310 g/mol. The Morgan fingerprint density at radius 2 is 2.09 bits per heavy atom. The molecule has 0 aliphatic carbocycles. The van der Waals surface area contributed by atoms with Gasteiger partial charge in [0.2, 0.25) is 0 Å². The molecule has 6 heteroatoms. The minimum Gasteiger partial charge on any atom is -0.383 e. The van der Waals surface area contributed by atoms with E-state index in [4.69, 9.17) is 11.6 Å². The second-order valence-corrected chi connectivity index (χ2v) is 6.26. The summed E-state index contributed by atoms with van der Waals surface area (Å²) in [5.74, 6) is 1.88. The highest BCUT2D eigenvalue weighted by Gasteiger charge is 2.25. The van der Waals surface area contributed by atoms with Gasteiger partial charge in [0.05, 0.1) is 11.4 Å². The maximum atomic E-state index is 6.23. The summed E-state index contributed by atoms with van der Waals surface area (Å²) in [7, 11) is 0. The third-order valence-corrected chi connectivity index (χ3v) is 4.28. The number of fused-ring (bicyclic) bond motifs is 3. The number of pyridine rings is 1. The number of benzene rings is 1. The highest BCUT2D eigenvalue weighted by Crippen LogP contribution is 2.34. The number of hydrogen-bond donors (Lipinski definition) is 1. The molecule has 5 nitrogen and oxygen atoms in total. The maximum Gasteiger partial charge on any atom is 0.187 e. The highest BCUT2D eigenvalue weighted by molar-refractivity contribution is 6.30. The number of nitrogens with one attached hydrogen (secondary N) is 1. The van der Waals surface area contributed by atoms with Gasteiger partial charge in [-0.05, 0) is 37.3 Å². The van der Waals surface area contributed by atoms with Gasteiger partial charge in [-0.3, -0.25) is 4.57 Å². The predicted molar refractivity (Wildman–Crippen MR) is 91.2 cm³/mol. The molecule has 1 N–H and O–H groups in total. The third kappa shape index (κ3) is 2.37. The minimum atomic E-state index is 0.229. The molecule has 0 amide bonds. The number of anilines is 1. The lowest BCUT2D eigenvalue weighted by Crippen LogP contribution is -2.09. The van der Waals surface area contributed by atoms with Gasteiger partial charge in [-0.25, -0.2) is 4.98 Å². The van der Waals surface area contributed by atoms with Crippen LogP contribution < -0.4 is 5.32 Å². The van der Waals surface area contributed by atoms with Gasteiger partial charge in [0.1, 0.15) is 11.5 Å². The number of halogens is 1. The Hall–Kier alpha value is -2.40. The van der Waals surface area contributed by atoms with E-state index in [1.807, 2.05) is 43.3 Å². The molecule has 1 atom stereocenters. The van der Waals surface area contributed by atoms with Crippen molar-refractivity contribution in [1.82, 2.24) is 19.7 Å². The molecule has 3 aromatic rings. The molecule has 0 radical (unpaired) electrons. The smallest absolute Gasteiger partial charge is 0.187 e. The fraction of sp³-hybridized carbons (Fsp3) is 0.235. The molecule has 0 unspecified atom stereocenters. The summed E-state index contributed by atoms with van der Waals surface area (Å²) < 4.78 is 2.06. The summed E-state index contributed by atoms with van der Waals surface area (Å²) in [4.78, 5) is 4.60. The van der Waals surface area contributed by atoms with Crippen LogP contribution in [0.3, 0.4) is 0 Å². The van der Waals surface area contributed by atoms with E-state index in [1.54, 1.807) is 0 Å². The van der Waals surface area contributed by atoms with Gasteiger partial charge >= 0.3 is 0 Å². The average Bonchev–Trinajstić information content (AvgIpc) is 2.93. The van der Waals surface area contributed by atoms with Crippen molar-refractivity contribution in [2.75, 3.05) is 11.9 Å². The molecule has 116 valence electrons. The van der Waals surface area contributed by atoms with Crippen molar-refractivity contribution in [3.05, 3.63) is 52.9 Å². The van der Waals surface area contributed by atoms with Gasteiger partial charge in [0.15, 0.2) is 5.82 Å². The van der Waals surface area contributed by atoms with Crippen LogP contribution in [0.15, 0.2) is 36.4 Å². The van der Waals surface area contributed by atoms with Gasteiger partial charge in [-0.1, -0.05) is 24.6 Å². The first kappa shape index (κ1) is 14.2. The number of rotatable bonds is 1.